The Hall–Kier alpha value is -3.91. The molecule has 0 radical (unpaired) electrons. The van der Waals surface area contributed by atoms with E-state index in [1.807, 2.05) is 12.1 Å². The fraction of sp³-hybridized carbons (Fsp3) is 0.0800. The average Bonchev–Trinajstić information content (AvgIpc) is 2.83. The van der Waals surface area contributed by atoms with E-state index in [2.05, 4.69) is 20.6 Å². The normalized spacial score (nSPS) is 11.2. The maximum absolute atomic E-state index is 13.1. The van der Waals surface area contributed by atoms with Crippen LogP contribution >= 0.6 is 11.6 Å². The first-order chi connectivity index (χ1) is 16.3. The van der Waals surface area contributed by atoms with Gasteiger partial charge >= 0.3 is 6.18 Å². The summed E-state index contributed by atoms with van der Waals surface area (Å²) >= 11 is 5.93. The summed E-state index contributed by atoms with van der Waals surface area (Å²) in [5.41, 5.74) is 1.78. The Bertz CT molecular complexity index is 1290. The van der Waals surface area contributed by atoms with Crippen molar-refractivity contribution in [1.82, 2.24) is 15.3 Å². The number of halogens is 4. The molecule has 0 saturated carbocycles. The molecule has 4 aromatic rings. The molecule has 4 rings (SSSR count). The zero-order chi connectivity index (χ0) is 24.1. The quantitative estimate of drug-likeness (QED) is 0.329. The standard InChI is InChI=1S/C25H18ClF3N4O/c26-19-9-5-16(6-10-19)22-13-14-30-24(33-22)32-20-11-7-17(8-12-20)23(34)31-15-18-3-1-2-4-21(18)25(27,28)29/h1-14H,15H2,(H,31,34)(H,30,32,33). The van der Waals surface area contributed by atoms with Crippen LogP contribution in [0, 0.1) is 0 Å². The van der Waals surface area contributed by atoms with Crippen molar-refractivity contribution in [3.05, 3.63) is 107 Å². The number of benzene rings is 3. The number of rotatable bonds is 6. The second-order valence-corrected chi connectivity index (χ2v) is 7.75. The summed E-state index contributed by atoms with van der Waals surface area (Å²) in [6.45, 7) is -0.236. The van der Waals surface area contributed by atoms with Crippen LogP contribution in [0.3, 0.4) is 0 Å². The van der Waals surface area contributed by atoms with Gasteiger partial charge in [0.1, 0.15) is 0 Å². The first-order valence-electron chi connectivity index (χ1n) is 10.2. The van der Waals surface area contributed by atoms with Crippen molar-refractivity contribution in [2.75, 3.05) is 5.32 Å². The van der Waals surface area contributed by atoms with Gasteiger partial charge in [0.25, 0.3) is 5.91 Å². The fourth-order valence-corrected chi connectivity index (χ4v) is 3.39. The maximum Gasteiger partial charge on any atom is 0.416 e. The molecule has 0 aliphatic rings. The molecule has 1 aromatic heterocycles. The Morgan fingerprint density at radius 1 is 0.912 bits per heavy atom. The van der Waals surface area contributed by atoms with Crippen molar-refractivity contribution in [2.45, 2.75) is 12.7 Å². The van der Waals surface area contributed by atoms with Gasteiger partial charge in [0.15, 0.2) is 0 Å². The molecule has 0 spiro atoms. The molecule has 0 saturated heterocycles. The number of nitrogens with zero attached hydrogens (tertiary/aromatic N) is 2. The van der Waals surface area contributed by atoms with Crippen LogP contribution in [0.1, 0.15) is 21.5 Å². The predicted octanol–water partition coefficient (Wildman–Crippen LogP) is 6.49. The third-order valence-electron chi connectivity index (χ3n) is 4.96. The largest absolute Gasteiger partial charge is 0.416 e. The monoisotopic (exact) mass is 482 g/mol. The summed E-state index contributed by atoms with van der Waals surface area (Å²) < 4.78 is 39.4. The Kier molecular flexibility index (Phi) is 6.79. The fourth-order valence-electron chi connectivity index (χ4n) is 3.26. The summed E-state index contributed by atoms with van der Waals surface area (Å²) in [6.07, 6.45) is -2.86. The molecule has 2 N–H and O–H groups in total. The number of anilines is 2. The van der Waals surface area contributed by atoms with Gasteiger partial charge in [-0.15, -0.1) is 0 Å². The molecule has 0 fully saturated rings. The molecule has 0 bridgehead atoms. The summed E-state index contributed by atoms with van der Waals surface area (Å²) in [7, 11) is 0. The van der Waals surface area contributed by atoms with Crippen LogP contribution in [0.4, 0.5) is 24.8 Å². The van der Waals surface area contributed by atoms with E-state index >= 15 is 0 Å². The Labute approximate surface area is 198 Å². The van der Waals surface area contributed by atoms with Crippen LogP contribution in [0.5, 0.6) is 0 Å². The molecular formula is C25H18ClF3N4O. The minimum atomic E-state index is -4.48. The number of hydrogen-bond acceptors (Lipinski definition) is 4. The Morgan fingerprint density at radius 2 is 1.62 bits per heavy atom. The molecule has 1 heterocycles. The summed E-state index contributed by atoms with van der Waals surface area (Å²) in [5, 5.41) is 6.23. The minimum Gasteiger partial charge on any atom is -0.348 e. The zero-order valence-electron chi connectivity index (χ0n) is 17.6. The molecule has 0 atom stereocenters. The number of hydrogen-bond donors (Lipinski definition) is 2. The first-order valence-corrected chi connectivity index (χ1v) is 10.6. The summed E-state index contributed by atoms with van der Waals surface area (Å²) in [6, 6.07) is 20.6. The number of amides is 1. The van der Waals surface area contributed by atoms with Gasteiger partial charge in [0, 0.05) is 34.6 Å². The van der Waals surface area contributed by atoms with Gasteiger partial charge in [0.2, 0.25) is 5.95 Å². The first kappa shape index (κ1) is 23.3. The second kappa shape index (κ2) is 9.93. The number of carbonyl (C=O) groups is 1. The second-order valence-electron chi connectivity index (χ2n) is 7.31. The molecule has 1 amide bonds. The lowest BCUT2D eigenvalue weighted by Gasteiger charge is -2.13. The van der Waals surface area contributed by atoms with Gasteiger partial charge in [-0.2, -0.15) is 13.2 Å². The highest BCUT2D eigenvalue weighted by Gasteiger charge is 2.32. The highest BCUT2D eigenvalue weighted by atomic mass is 35.5. The van der Waals surface area contributed by atoms with E-state index in [1.165, 1.54) is 18.2 Å². The molecule has 0 unspecified atom stereocenters. The molecule has 3 aromatic carbocycles. The molecule has 34 heavy (non-hydrogen) atoms. The van der Waals surface area contributed by atoms with E-state index < -0.39 is 17.6 Å². The van der Waals surface area contributed by atoms with Gasteiger partial charge in [-0.25, -0.2) is 9.97 Å². The van der Waals surface area contributed by atoms with Crippen LogP contribution in [-0.4, -0.2) is 15.9 Å². The smallest absolute Gasteiger partial charge is 0.348 e. The predicted molar refractivity (Wildman–Crippen MR) is 125 cm³/mol. The van der Waals surface area contributed by atoms with E-state index in [1.54, 1.807) is 48.7 Å². The number of aromatic nitrogens is 2. The van der Waals surface area contributed by atoms with Gasteiger partial charge in [0.05, 0.1) is 11.3 Å². The van der Waals surface area contributed by atoms with Gasteiger partial charge in [-0.05, 0) is 54.1 Å². The highest BCUT2D eigenvalue weighted by Crippen LogP contribution is 2.31. The summed E-state index contributed by atoms with van der Waals surface area (Å²) in [5.74, 6) is -0.113. The maximum atomic E-state index is 13.1. The van der Waals surface area contributed by atoms with E-state index in [9.17, 15) is 18.0 Å². The Balaban J connectivity index is 1.41. The van der Waals surface area contributed by atoms with Crippen molar-refractivity contribution in [3.63, 3.8) is 0 Å². The number of nitrogens with one attached hydrogen (secondary N) is 2. The molecule has 0 aliphatic carbocycles. The molecular weight excluding hydrogens is 465 g/mol. The van der Waals surface area contributed by atoms with Crippen LogP contribution < -0.4 is 10.6 Å². The topological polar surface area (TPSA) is 66.9 Å². The van der Waals surface area contributed by atoms with E-state index in [0.29, 0.717) is 27.9 Å². The van der Waals surface area contributed by atoms with Crippen LogP contribution in [0.25, 0.3) is 11.3 Å². The average molecular weight is 483 g/mol. The lowest BCUT2D eigenvalue weighted by atomic mass is 10.1. The van der Waals surface area contributed by atoms with Crippen molar-refractivity contribution < 1.29 is 18.0 Å². The van der Waals surface area contributed by atoms with Crippen molar-refractivity contribution >= 4 is 29.1 Å². The zero-order valence-corrected chi connectivity index (χ0v) is 18.4. The van der Waals surface area contributed by atoms with Gasteiger partial charge < -0.3 is 10.6 Å². The van der Waals surface area contributed by atoms with Crippen LogP contribution in [0.15, 0.2) is 85.1 Å². The molecule has 9 heteroatoms. The molecule has 172 valence electrons. The molecule has 5 nitrogen and oxygen atoms in total. The van der Waals surface area contributed by atoms with E-state index in [-0.39, 0.29) is 12.1 Å². The van der Waals surface area contributed by atoms with Crippen molar-refractivity contribution in [2.24, 2.45) is 0 Å². The molecule has 0 aliphatic heterocycles. The van der Waals surface area contributed by atoms with Gasteiger partial charge in [-0.3, -0.25) is 4.79 Å². The third-order valence-corrected chi connectivity index (χ3v) is 5.21. The number of carbonyl (C=O) groups excluding carboxylic acids is 1. The highest BCUT2D eigenvalue weighted by molar-refractivity contribution is 6.30. The van der Waals surface area contributed by atoms with Crippen molar-refractivity contribution in [1.29, 1.82) is 0 Å². The lowest BCUT2D eigenvalue weighted by molar-refractivity contribution is -0.138. The van der Waals surface area contributed by atoms with Crippen molar-refractivity contribution in [3.8, 4) is 11.3 Å². The van der Waals surface area contributed by atoms with E-state index in [4.69, 9.17) is 11.6 Å². The SMILES string of the molecule is O=C(NCc1ccccc1C(F)(F)F)c1ccc(Nc2nccc(-c3ccc(Cl)cc3)n2)cc1. The lowest BCUT2D eigenvalue weighted by Crippen LogP contribution is -2.24. The summed E-state index contributed by atoms with van der Waals surface area (Å²) in [4.78, 5) is 21.1. The van der Waals surface area contributed by atoms with Crippen LogP contribution in [0.2, 0.25) is 5.02 Å². The Morgan fingerprint density at radius 3 is 2.32 bits per heavy atom. The van der Waals surface area contributed by atoms with E-state index in [0.717, 1.165) is 11.6 Å². The van der Waals surface area contributed by atoms with Gasteiger partial charge in [-0.1, -0.05) is 41.9 Å². The third kappa shape index (κ3) is 5.71. The number of alkyl halides is 3. The van der Waals surface area contributed by atoms with Crippen LogP contribution in [-0.2, 0) is 12.7 Å². The minimum absolute atomic E-state index is 0.000597.